The third-order valence-electron chi connectivity index (χ3n) is 5.45. The van der Waals surface area contributed by atoms with Gasteiger partial charge in [0.25, 0.3) is 5.69 Å². The first-order chi connectivity index (χ1) is 15.7. The van der Waals surface area contributed by atoms with E-state index in [1.807, 2.05) is 100 Å². The highest BCUT2D eigenvalue weighted by Crippen LogP contribution is 2.35. The van der Waals surface area contributed by atoms with Crippen LogP contribution in [0.1, 0.15) is 11.3 Å². The largest absolute Gasteiger partial charge is 0.341 e. The van der Waals surface area contributed by atoms with Crippen molar-refractivity contribution in [3.05, 3.63) is 119 Å². The molecule has 0 saturated heterocycles. The smallest absolute Gasteiger partial charge is 0.294 e. The van der Waals surface area contributed by atoms with Crippen LogP contribution in [0, 0.1) is 10.1 Å². The Bertz CT molecular complexity index is 1430. The molecule has 156 valence electrons. The van der Waals surface area contributed by atoms with Crippen molar-refractivity contribution in [2.45, 2.75) is 6.54 Å². The Kier molecular flexibility index (Phi) is 5.09. The van der Waals surface area contributed by atoms with Gasteiger partial charge in [-0.25, -0.2) is 4.98 Å². The fraction of sp³-hybridized carbons (Fsp3) is 0.0385. The summed E-state index contributed by atoms with van der Waals surface area (Å²) in [5, 5.41) is 13.9. The number of benzene rings is 3. The van der Waals surface area contributed by atoms with E-state index in [1.165, 1.54) is 0 Å². The summed E-state index contributed by atoms with van der Waals surface area (Å²) in [6, 6.07) is 23.8. The van der Waals surface area contributed by atoms with Gasteiger partial charge in [0.15, 0.2) is 0 Å². The first-order valence-corrected chi connectivity index (χ1v) is 10.3. The molecule has 0 fully saturated rings. The fourth-order valence-corrected chi connectivity index (χ4v) is 3.91. The van der Waals surface area contributed by atoms with E-state index in [1.54, 1.807) is 18.7 Å². The Balaban J connectivity index is 1.50. The lowest BCUT2D eigenvalue weighted by molar-refractivity contribution is -0.384. The Hall–Kier alpha value is -4.45. The van der Waals surface area contributed by atoms with E-state index in [0.29, 0.717) is 12.1 Å². The highest BCUT2D eigenvalue weighted by molar-refractivity contribution is 5.98. The molecular weight excluding hydrogens is 400 g/mol. The Morgan fingerprint density at radius 3 is 2.53 bits per heavy atom. The molecule has 5 rings (SSSR count). The van der Waals surface area contributed by atoms with E-state index in [4.69, 9.17) is 0 Å². The maximum absolute atomic E-state index is 11.8. The van der Waals surface area contributed by atoms with E-state index in [2.05, 4.69) is 4.98 Å². The van der Waals surface area contributed by atoms with Gasteiger partial charge >= 0.3 is 0 Å². The molecule has 0 aliphatic heterocycles. The first-order valence-electron chi connectivity index (χ1n) is 10.3. The maximum atomic E-state index is 11.8. The molecule has 3 aromatic carbocycles. The zero-order valence-electron chi connectivity index (χ0n) is 17.2. The van der Waals surface area contributed by atoms with Crippen LogP contribution in [0.2, 0.25) is 0 Å². The number of rotatable bonds is 6. The summed E-state index contributed by atoms with van der Waals surface area (Å²) in [6.45, 7) is 0.463. The lowest BCUT2D eigenvalue weighted by Gasteiger charge is -2.05. The van der Waals surface area contributed by atoms with Gasteiger partial charge in [0.2, 0.25) is 0 Å². The summed E-state index contributed by atoms with van der Waals surface area (Å²) >= 11 is 0. The lowest BCUT2D eigenvalue weighted by Crippen LogP contribution is -2.01. The molecule has 5 aromatic rings. The molecule has 0 atom stereocenters. The molecule has 0 unspecified atom stereocenters. The van der Waals surface area contributed by atoms with Gasteiger partial charge in [-0.05, 0) is 28.0 Å². The van der Waals surface area contributed by atoms with Crippen molar-refractivity contribution in [3.63, 3.8) is 0 Å². The molecule has 0 spiro atoms. The predicted octanol–water partition coefficient (Wildman–Crippen LogP) is 6.09. The lowest BCUT2D eigenvalue weighted by atomic mass is 9.99. The Morgan fingerprint density at radius 1 is 0.906 bits per heavy atom. The quantitative estimate of drug-likeness (QED) is 0.247. The number of hydrogen-bond donors (Lipinski definition) is 0. The molecule has 0 aliphatic carbocycles. The monoisotopic (exact) mass is 420 g/mol. The summed E-state index contributed by atoms with van der Waals surface area (Å²) in [4.78, 5) is 15.8. The Labute approximate surface area is 184 Å². The molecule has 6 nitrogen and oxygen atoms in total. The van der Waals surface area contributed by atoms with Gasteiger partial charge in [-0.1, -0.05) is 72.8 Å². The minimum absolute atomic E-state index is 0.0900. The number of aromatic nitrogens is 3. The summed E-state index contributed by atoms with van der Waals surface area (Å²) in [5.74, 6) is 0. The Morgan fingerprint density at radius 2 is 1.69 bits per heavy atom. The van der Waals surface area contributed by atoms with Crippen LogP contribution in [-0.2, 0) is 6.54 Å². The molecule has 0 amide bonds. The molecule has 6 heteroatoms. The van der Waals surface area contributed by atoms with Crippen LogP contribution < -0.4 is 0 Å². The average Bonchev–Trinajstić information content (AvgIpc) is 3.45. The highest BCUT2D eigenvalue weighted by atomic mass is 16.6. The number of hydrogen-bond acceptors (Lipinski definition) is 3. The molecular formula is C26H20N4O2. The van der Waals surface area contributed by atoms with Gasteiger partial charge in [-0.3, -0.25) is 10.1 Å². The normalized spacial score (nSPS) is 11.4. The van der Waals surface area contributed by atoms with Gasteiger partial charge in [0.1, 0.15) is 0 Å². The van der Waals surface area contributed by atoms with E-state index >= 15 is 0 Å². The molecule has 0 saturated carbocycles. The summed E-state index contributed by atoms with van der Waals surface area (Å²) in [5.41, 5.74) is 3.56. The predicted molar refractivity (Wildman–Crippen MR) is 127 cm³/mol. The number of imidazole rings is 1. The number of fused-ring (bicyclic) bond motifs is 1. The zero-order valence-corrected chi connectivity index (χ0v) is 17.2. The topological polar surface area (TPSA) is 65.9 Å². The molecule has 32 heavy (non-hydrogen) atoms. The van der Waals surface area contributed by atoms with Crippen molar-refractivity contribution in [1.29, 1.82) is 0 Å². The second-order valence-electron chi connectivity index (χ2n) is 7.53. The van der Waals surface area contributed by atoms with Crippen molar-refractivity contribution < 1.29 is 4.92 Å². The number of nitro groups is 1. The van der Waals surface area contributed by atoms with E-state index in [-0.39, 0.29) is 10.6 Å². The zero-order chi connectivity index (χ0) is 21.9. The van der Waals surface area contributed by atoms with E-state index in [9.17, 15) is 10.1 Å². The fourth-order valence-electron chi connectivity index (χ4n) is 3.91. The second-order valence-corrected chi connectivity index (χ2v) is 7.53. The second kappa shape index (κ2) is 8.35. The van der Waals surface area contributed by atoms with Crippen LogP contribution in [0.25, 0.3) is 34.2 Å². The maximum Gasteiger partial charge on any atom is 0.294 e. The van der Waals surface area contributed by atoms with Crippen molar-refractivity contribution >= 4 is 28.7 Å². The van der Waals surface area contributed by atoms with Crippen molar-refractivity contribution in [3.8, 4) is 11.1 Å². The van der Waals surface area contributed by atoms with Crippen LogP contribution in [-0.4, -0.2) is 19.0 Å². The van der Waals surface area contributed by atoms with E-state index < -0.39 is 0 Å². The average molecular weight is 420 g/mol. The minimum Gasteiger partial charge on any atom is -0.341 e. The standard InChI is InChI=1S/C26H20N4O2/c31-30(32)26-18-28(17-25(26)24-12-6-10-21-9-4-5-11-23(21)24)16-22-15-27-19-29(22)14-13-20-7-2-1-3-8-20/h1-15,17-19H,16H2. The molecule has 0 bridgehead atoms. The first kappa shape index (κ1) is 19.5. The number of nitrogens with zero attached hydrogens (tertiary/aromatic N) is 4. The third-order valence-corrected chi connectivity index (χ3v) is 5.45. The van der Waals surface area contributed by atoms with Gasteiger partial charge in [-0.2, -0.15) is 0 Å². The van der Waals surface area contributed by atoms with Crippen LogP contribution >= 0.6 is 0 Å². The van der Waals surface area contributed by atoms with Gasteiger partial charge in [0, 0.05) is 12.4 Å². The molecule has 0 N–H and O–H groups in total. The van der Waals surface area contributed by atoms with E-state index in [0.717, 1.165) is 27.6 Å². The van der Waals surface area contributed by atoms with Gasteiger partial charge in [-0.15, -0.1) is 0 Å². The summed E-state index contributed by atoms with van der Waals surface area (Å²) in [7, 11) is 0. The molecule has 0 radical (unpaired) electrons. The summed E-state index contributed by atoms with van der Waals surface area (Å²) < 4.78 is 3.77. The van der Waals surface area contributed by atoms with Crippen molar-refractivity contribution in [2.75, 3.05) is 0 Å². The minimum atomic E-state index is -0.319. The molecule has 0 aliphatic rings. The van der Waals surface area contributed by atoms with Crippen molar-refractivity contribution in [2.24, 2.45) is 0 Å². The highest BCUT2D eigenvalue weighted by Gasteiger charge is 2.20. The SMILES string of the molecule is O=[N+]([O-])c1cn(Cc2cncn2C=Cc2ccccc2)cc1-c1cccc2ccccc12. The van der Waals surface area contributed by atoms with Crippen LogP contribution in [0.3, 0.4) is 0 Å². The van der Waals surface area contributed by atoms with Gasteiger partial charge in [0.05, 0.1) is 41.4 Å². The molecule has 2 heterocycles. The molecule has 2 aromatic heterocycles. The van der Waals surface area contributed by atoms with Gasteiger partial charge < -0.3 is 9.13 Å². The third kappa shape index (κ3) is 3.81. The van der Waals surface area contributed by atoms with Crippen LogP contribution in [0.5, 0.6) is 0 Å². The van der Waals surface area contributed by atoms with Crippen LogP contribution in [0.15, 0.2) is 97.7 Å². The van der Waals surface area contributed by atoms with Crippen molar-refractivity contribution in [1.82, 2.24) is 14.1 Å². The van der Waals surface area contributed by atoms with Crippen LogP contribution in [0.4, 0.5) is 5.69 Å². The summed E-state index contributed by atoms with van der Waals surface area (Å²) in [6.07, 6.45) is 10.9.